The number of carbonyl (C=O) groups is 2. The summed E-state index contributed by atoms with van der Waals surface area (Å²) in [6.07, 6.45) is -0.232. The highest BCUT2D eigenvalue weighted by atomic mass is 19.1. The average Bonchev–Trinajstić information content (AvgIpc) is 2.63. The Morgan fingerprint density at radius 1 is 1.04 bits per heavy atom. The second-order valence-electron chi connectivity index (χ2n) is 5.82. The van der Waals surface area contributed by atoms with Crippen LogP contribution in [-0.4, -0.2) is 31.6 Å². The van der Waals surface area contributed by atoms with Crippen molar-refractivity contribution in [2.24, 2.45) is 0 Å². The van der Waals surface area contributed by atoms with Crippen molar-refractivity contribution in [1.82, 2.24) is 5.32 Å². The number of hydrogen-bond acceptors (Lipinski definition) is 4. The Kier molecular flexibility index (Phi) is 7.14. The van der Waals surface area contributed by atoms with Gasteiger partial charge in [-0.15, -0.1) is 0 Å². The molecule has 0 unspecified atom stereocenters. The SMILES string of the molecule is COc1ccc(CC(=O)O[C@@H](C)C(=O)NCCc2ccc(F)cc2)cc1. The normalized spacial score (nSPS) is 11.5. The van der Waals surface area contributed by atoms with E-state index >= 15 is 0 Å². The molecule has 2 aromatic carbocycles. The predicted molar refractivity (Wildman–Crippen MR) is 95.4 cm³/mol. The van der Waals surface area contributed by atoms with Crippen LogP contribution < -0.4 is 10.1 Å². The van der Waals surface area contributed by atoms with Gasteiger partial charge in [0.05, 0.1) is 13.5 Å². The van der Waals surface area contributed by atoms with Gasteiger partial charge in [0.15, 0.2) is 6.10 Å². The largest absolute Gasteiger partial charge is 0.497 e. The minimum absolute atomic E-state index is 0.0805. The molecule has 1 N–H and O–H groups in total. The van der Waals surface area contributed by atoms with Crippen LogP contribution in [-0.2, 0) is 27.2 Å². The molecule has 5 nitrogen and oxygen atoms in total. The molecule has 0 saturated heterocycles. The minimum Gasteiger partial charge on any atom is -0.497 e. The van der Waals surface area contributed by atoms with E-state index in [2.05, 4.69) is 5.32 Å². The van der Waals surface area contributed by atoms with Crippen molar-refractivity contribution in [2.45, 2.75) is 25.9 Å². The van der Waals surface area contributed by atoms with Gasteiger partial charge >= 0.3 is 5.97 Å². The van der Waals surface area contributed by atoms with Crippen LogP contribution in [0.2, 0.25) is 0 Å². The summed E-state index contributed by atoms with van der Waals surface area (Å²) in [7, 11) is 1.57. The van der Waals surface area contributed by atoms with Crippen LogP contribution in [0.4, 0.5) is 4.39 Å². The number of amides is 1. The summed E-state index contributed by atoms with van der Waals surface area (Å²) in [5.41, 5.74) is 1.69. The lowest BCUT2D eigenvalue weighted by Crippen LogP contribution is -2.37. The summed E-state index contributed by atoms with van der Waals surface area (Å²) >= 11 is 0. The van der Waals surface area contributed by atoms with E-state index in [1.165, 1.54) is 19.1 Å². The van der Waals surface area contributed by atoms with E-state index in [9.17, 15) is 14.0 Å². The third kappa shape index (κ3) is 6.20. The van der Waals surface area contributed by atoms with Crippen molar-refractivity contribution in [3.8, 4) is 5.75 Å². The second kappa shape index (κ2) is 9.56. The topological polar surface area (TPSA) is 64.6 Å². The van der Waals surface area contributed by atoms with E-state index < -0.39 is 12.1 Å². The molecule has 0 aliphatic carbocycles. The first kappa shape index (κ1) is 19.4. The molecule has 0 heterocycles. The highest BCUT2D eigenvalue weighted by molar-refractivity contribution is 5.83. The molecule has 2 aromatic rings. The molecule has 1 atom stereocenters. The summed E-state index contributed by atoms with van der Waals surface area (Å²) in [5, 5.41) is 2.70. The van der Waals surface area contributed by atoms with E-state index in [0.29, 0.717) is 18.7 Å². The third-order valence-electron chi connectivity index (χ3n) is 3.81. The van der Waals surface area contributed by atoms with E-state index in [1.54, 1.807) is 43.5 Å². The van der Waals surface area contributed by atoms with E-state index in [0.717, 1.165) is 11.1 Å². The maximum atomic E-state index is 12.8. The molecule has 0 aliphatic heterocycles. The van der Waals surface area contributed by atoms with Gasteiger partial charge < -0.3 is 14.8 Å². The fourth-order valence-electron chi connectivity index (χ4n) is 2.33. The Bertz CT molecular complexity index is 728. The number of rotatable bonds is 8. The molecule has 0 fully saturated rings. The quantitative estimate of drug-likeness (QED) is 0.736. The molecule has 6 heteroatoms. The van der Waals surface area contributed by atoms with E-state index in [4.69, 9.17) is 9.47 Å². The van der Waals surface area contributed by atoms with Crippen LogP contribution in [0.15, 0.2) is 48.5 Å². The Morgan fingerprint density at radius 3 is 2.27 bits per heavy atom. The minimum atomic E-state index is -0.881. The molecule has 0 radical (unpaired) electrons. The molecule has 0 bridgehead atoms. The van der Waals surface area contributed by atoms with Crippen LogP contribution in [0.5, 0.6) is 5.75 Å². The van der Waals surface area contributed by atoms with Gasteiger partial charge in [-0.2, -0.15) is 0 Å². The Labute approximate surface area is 152 Å². The lowest BCUT2D eigenvalue weighted by Gasteiger charge is -2.13. The molecule has 138 valence electrons. The number of benzene rings is 2. The molecule has 2 rings (SSSR count). The zero-order valence-corrected chi connectivity index (χ0v) is 14.8. The number of halogens is 1. The standard InChI is InChI=1S/C20H22FNO4/c1-14(20(24)22-12-11-15-3-7-17(21)8-4-15)26-19(23)13-16-5-9-18(25-2)10-6-16/h3-10,14H,11-13H2,1-2H3,(H,22,24)/t14-/m0/s1. The molecule has 26 heavy (non-hydrogen) atoms. The zero-order valence-electron chi connectivity index (χ0n) is 14.8. The van der Waals surface area contributed by atoms with Crippen molar-refractivity contribution in [1.29, 1.82) is 0 Å². The lowest BCUT2D eigenvalue weighted by atomic mass is 10.1. The van der Waals surface area contributed by atoms with E-state index in [1.807, 2.05) is 0 Å². The van der Waals surface area contributed by atoms with Crippen molar-refractivity contribution in [3.05, 3.63) is 65.5 Å². The van der Waals surface area contributed by atoms with Gasteiger partial charge in [0.25, 0.3) is 5.91 Å². The zero-order chi connectivity index (χ0) is 18.9. The molecular formula is C20H22FNO4. The van der Waals surface area contributed by atoms with Crippen molar-refractivity contribution in [3.63, 3.8) is 0 Å². The maximum Gasteiger partial charge on any atom is 0.311 e. The van der Waals surface area contributed by atoms with Crippen molar-refractivity contribution in [2.75, 3.05) is 13.7 Å². The average molecular weight is 359 g/mol. The van der Waals surface area contributed by atoms with Gasteiger partial charge in [-0.3, -0.25) is 9.59 Å². The smallest absolute Gasteiger partial charge is 0.311 e. The van der Waals surface area contributed by atoms with Gasteiger partial charge in [-0.25, -0.2) is 4.39 Å². The first-order valence-corrected chi connectivity index (χ1v) is 8.32. The number of nitrogens with one attached hydrogen (secondary N) is 1. The Hall–Kier alpha value is -2.89. The Balaban J connectivity index is 1.72. The van der Waals surface area contributed by atoms with Crippen LogP contribution in [0.3, 0.4) is 0 Å². The highest BCUT2D eigenvalue weighted by Crippen LogP contribution is 2.12. The van der Waals surface area contributed by atoms with Crippen LogP contribution in [0.1, 0.15) is 18.1 Å². The monoisotopic (exact) mass is 359 g/mol. The number of hydrogen-bond donors (Lipinski definition) is 1. The number of methoxy groups -OCH3 is 1. The second-order valence-corrected chi connectivity index (χ2v) is 5.82. The third-order valence-corrected chi connectivity index (χ3v) is 3.81. The van der Waals surface area contributed by atoms with Gasteiger partial charge in [-0.1, -0.05) is 24.3 Å². The van der Waals surface area contributed by atoms with Crippen molar-refractivity contribution < 1.29 is 23.5 Å². The van der Waals surface area contributed by atoms with Gasteiger partial charge in [0.2, 0.25) is 0 Å². The first-order valence-electron chi connectivity index (χ1n) is 8.32. The van der Waals surface area contributed by atoms with Crippen LogP contribution in [0, 0.1) is 5.82 Å². The molecule has 1 amide bonds. The summed E-state index contributed by atoms with van der Waals surface area (Å²) in [4.78, 5) is 23.9. The first-order chi connectivity index (χ1) is 12.5. The fraction of sp³-hybridized carbons (Fsp3) is 0.300. The number of esters is 1. The molecule has 0 aliphatic rings. The van der Waals surface area contributed by atoms with Crippen LogP contribution in [0.25, 0.3) is 0 Å². The summed E-state index contributed by atoms with van der Waals surface area (Å²) in [6.45, 7) is 1.91. The summed E-state index contributed by atoms with van der Waals surface area (Å²) in [5.74, 6) is -0.433. The van der Waals surface area contributed by atoms with Gasteiger partial charge in [0, 0.05) is 6.54 Å². The number of ether oxygens (including phenoxy) is 2. The molecule has 0 spiro atoms. The molecular weight excluding hydrogens is 337 g/mol. The van der Waals surface area contributed by atoms with Crippen molar-refractivity contribution >= 4 is 11.9 Å². The summed E-state index contributed by atoms with van der Waals surface area (Å²) < 4.78 is 23.1. The van der Waals surface area contributed by atoms with Gasteiger partial charge in [-0.05, 0) is 48.7 Å². The Morgan fingerprint density at radius 2 is 1.65 bits per heavy atom. The summed E-state index contributed by atoms with van der Waals surface area (Å²) in [6, 6.07) is 13.1. The molecule has 0 aromatic heterocycles. The lowest BCUT2D eigenvalue weighted by molar-refractivity contribution is -0.154. The predicted octanol–water partition coefficient (Wildman–Crippen LogP) is 2.67. The maximum absolute atomic E-state index is 12.8. The highest BCUT2D eigenvalue weighted by Gasteiger charge is 2.17. The number of carbonyl (C=O) groups excluding carboxylic acids is 2. The fourth-order valence-corrected chi connectivity index (χ4v) is 2.33. The molecule has 0 saturated carbocycles. The van der Waals surface area contributed by atoms with Crippen LogP contribution >= 0.6 is 0 Å². The van der Waals surface area contributed by atoms with E-state index in [-0.39, 0.29) is 18.1 Å². The van der Waals surface area contributed by atoms with Gasteiger partial charge in [0.1, 0.15) is 11.6 Å².